The molecule has 1 aliphatic rings. The van der Waals surface area contributed by atoms with E-state index in [2.05, 4.69) is 27.2 Å². The minimum atomic E-state index is -0.235. The van der Waals surface area contributed by atoms with Gasteiger partial charge in [0.2, 0.25) is 5.91 Å². The standard InChI is InChI=1S/C20H23Cl2N3O2/c1-14(20(26)23-17-12-15(21)11-16(22)13-17)24-7-9-25(10-8-24)18-3-5-19(27-2)6-4-18/h3-6,11-14H,7-10H2,1-2H3,(H,23,26)/t14-/m1/s1. The van der Waals surface area contributed by atoms with Gasteiger partial charge in [-0.25, -0.2) is 0 Å². The number of carbonyl (C=O) groups is 1. The van der Waals surface area contributed by atoms with Crippen molar-refractivity contribution >= 4 is 40.5 Å². The molecule has 1 amide bonds. The molecule has 2 aromatic rings. The number of benzene rings is 2. The molecule has 27 heavy (non-hydrogen) atoms. The number of halogens is 2. The molecular weight excluding hydrogens is 385 g/mol. The van der Waals surface area contributed by atoms with Crippen molar-refractivity contribution in [2.45, 2.75) is 13.0 Å². The van der Waals surface area contributed by atoms with E-state index in [0.29, 0.717) is 15.7 Å². The lowest BCUT2D eigenvalue weighted by Gasteiger charge is -2.38. The maximum absolute atomic E-state index is 12.6. The number of hydrogen-bond acceptors (Lipinski definition) is 4. The highest BCUT2D eigenvalue weighted by Crippen LogP contribution is 2.24. The highest BCUT2D eigenvalue weighted by atomic mass is 35.5. The van der Waals surface area contributed by atoms with Crippen molar-refractivity contribution in [2.75, 3.05) is 43.5 Å². The zero-order chi connectivity index (χ0) is 19.4. The van der Waals surface area contributed by atoms with Crippen LogP contribution in [0.4, 0.5) is 11.4 Å². The average Bonchev–Trinajstić information content (AvgIpc) is 2.67. The summed E-state index contributed by atoms with van der Waals surface area (Å²) < 4.78 is 5.21. The van der Waals surface area contributed by atoms with Crippen molar-refractivity contribution in [3.63, 3.8) is 0 Å². The summed E-state index contributed by atoms with van der Waals surface area (Å²) in [5, 5.41) is 3.90. The summed E-state index contributed by atoms with van der Waals surface area (Å²) in [7, 11) is 1.66. The maximum Gasteiger partial charge on any atom is 0.241 e. The quantitative estimate of drug-likeness (QED) is 0.808. The summed E-state index contributed by atoms with van der Waals surface area (Å²) >= 11 is 12.0. The molecule has 0 radical (unpaired) electrons. The van der Waals surface area contributed by atoms with E-state index in [0.717, 1.165) is 31.9 Å². The molecule has 1 atom stereocenters. The van der Waals surface area contributed by atoms with Gasteiger partial charge in [-0.1, -0.05) is 23.2 Å². The third-order valence-electron chi connectivity index (χ3n) is 4.81. The monoisotopic (exact) mass is 407 g/mol. The molecule has 0 unspecified atom stereocenters. The Bertz CT molecular complexity index is 770. The fraction of sp³-hybridized carbons (Fsp3) is 0.350. The first kappa shape index (κ1) is 19.8. The summed E-state index contributed by atoms with van der Waals surface area (Å²) in [4.78, 5) is 17.1. The molecule has 1 fully saturated rings. The van der Waals surface area contributed by atoms with Gasteiger partial charge < -0.3 is 15.0 Å². The van der Waals surface area contributed by atoms with Gasteiger partial charge in [0.05, 0.1) is 13.2 Å². The molecule has 7 heteroatoms. The number of nitrogens with one attached hydrogen (secondary N) is 1. The number of amides is 1. The van der Waals surface area contributed by atoms with Gasteiger partial charge in [-0.05, 0) is 49.4 Å². The summed E-state index contributed by atoms with van der Waals surface area (Å²) in [6.07, 6.45) is 0. The van der Waals surface area contributed by atoms with Crippen LogP contribution < -0.4 is 15.0 Å². The Morgan fingerprint density at radius 1 is 1.04 bits per heavy atom. The van der Waals surface area contributed by atoms with E-state index in [9.17, 15) is 4.79 Å². The fourth-order valence-corrected chi connectivity index (χ4v) is 3.73. The number of hydrogen-bond donors (Lipinski definition) is 1. The van der Waals surface area contributed by atoms with Crippen molar-refractivity contribution in [3.8, 4) is 5.75 Å². The summed E-state index contributed by atoms with van der Waals surface area (Å²) in [5.41, 5.74) is 1.78. The van der Waals surface area contributed by atoms with Crippen molar-refractivity contribution in [3.05, 3.63) is 52.5 Å². The van der Waals surface area contributed by atoms with Gasteiger partial charge in [0.25, 0.3) is 0 Å². The Kier molecular flexibility index (Phi) is 6.47. The van der Waals surface area contributed by atoms with Gasteiger partial charge in [0.1, 0.15) is 5.75 Å². The number of ether oxygens (including phenoxy) is 1. The van der Waals surface area contributed by atoms with Crippen LogP contribution in [0.2, 0.25) is 10.0 Å². The van der Waals surface area contributed by atoms with Crippen LogP contribution in [0.3, 0.4) is 0 Å². The van der Waals surface area contributed by atoms with Crippen LogP contribution in [0.15, 0.2) is 42.5 Å². The molecule has 0 bridgehead atoms. The first-order valence-corrected chi connectivity index (χ1v) is 9.62. The zero-order valence-corrected chi connectivity index (χ0v) is 16.9. The Labute approximate surface area is 169 Å². The fourth-order valence-electron chi connectivity index (χ4n) is 3.20. The van der Waals surface area contributed by atoms with Crippen molar-refractivity contribution in [2.24, 2.45) is 0 Å². The molecule has 144 valence electrons. The number of piperazine rings is 1. The first-order chi connectivity index (χ1) is 13.0. The summed E-state index contributed by atoms with van der Waals surface area (Å²) in [6, 6.07) is 12.9. The minimum Gasteiger partial charge on any atom is -0.497 e. The SMILES string of the molecule is COc1ccc(N2CCN([C@H](C)C(=O)Nc3cc(Cl)cc(Cl)c3)CC2)cc1. The predicted molar refractivity (Wildman–Crippen MR) is 111 cm³/mol. The number of carbonyl (C=O) groups excluding carboxylic acids is 1. The van der Waals surface area contributed by atoms with Crippen molar-refractivity contribution in [1.29, 1.82) is 0 Å². The molecule has 0 spiro atoms. The molecule has 5 nitrogen and oxygen atoms in total. The third kappa shape index (κ3) is 5.06. The van der Waals surface area contributed by atoms with Gasteiger partial charge in [0, 0.05) is 47.6 Å². The summed E-state index contributed by atoms with van der Waals surface area (Å²) in [6.45, 7) is 5.29. The van der Waals surface area contributed by atoms with Crippen LogP contribution in [-0.2, 0) is 4.79 Å². The third-order valence-corrected chi connectivity index (χ3v) is 5.25. The molecule has 0 aromatic heterocycles. The average molecular weight is 408 g/mol. The molecule has 1 N–H and O–H groups in total. The van der Waals surface area contributed by atoms with E-state index in [-0.39, 0.29) is 11.9 Å². The van der Waals surface area contributed by atoms with Gasteiger partial charge in [0.15, 0.2) is 0 Å². The van der Waals surface area contributed by atoms with Crippen LogP contribution in [0.5, 0.6) is 5.75 Å². The minimum absolute atomic E-state index is 0.0637. The van der Waals surface area contributed by atoms with Gasteiger partial charge in [-0.2, -0.15) is 0 Å². The Balaban J connectivity index is 1.55. The maximum atomic E-state index is 12.6. The second kappa shape index (κ2) is 8.83. The molecule has 1 heterocycles. The largest absolute Gasteiger partial charge is 0.497 e. The van der Waals surface area contributed by atoms with E-state index >= 15 is 0 Å². The molecule has 1 saturated heterocycles. The van der Waals surface area contributed by atoms with E-state index < -0.39 is 0 Å². The highest BCUT2D eigenvalue weighted by Gasteiger charge is 2.25. The van der Waals surface area contributed by atoms with E-state index in [4.69, 9.17) is 27.9 Å². The molecular formula is C20H23Cl2N3O2. The topological polar surface area (TPSA) is 44.8 Å². The normalized spacial score (nSPS) is 16.1. The van der Waals surface area contributed by atoms with Crippen LogP contribution in [0.25, 0.3) is 0 Å². The van der Waals surface area contributed by atoms with Crippen molar-refractivity contribution < 1.29 is 9.53 Å². The predicted octanol–water partition coefficient (Wildman–Crippen LogP) is 4.15. The molecule has 3 rings (SSSR count). The number of methoxy groups -OCH3 is 1. The van der Waals surface area contributed by atoms with E-state index in [1.54, 1.807) is 25.3 Å². The van der Waals surface area contributed by atoms with Gasteiger partial charge in [-0.3, -0.25) is 9.69 Å². The van der Waals surface area contributed by atoms with Gasteiger partial charge >= 0.3 is 0 Å². The summed E-state index contributed by atoms with van der Waals surface area (Å²) in [5.74, 6) is 0.787. The zero-order valence-electron chi connectivity index (χ0n) is 15.4. The first-order valence-electron chi connectivity index (χ1n) is 8.86. The number of nitrogens with zero attached hydrogens (tertiary/aromatic N) is 2. The lowest BCUT2D eigenvalue weighted by Crippen LogP contribution is -2.52. The Morgan fingerprint density at radius 3 is 2.19 bits per heavy atom. The van der Waals surface area contributed by atoms with E-state index in [1.165, 1.54) is 5.69 Å². The number of rotatable bonds is 5. The van der Waals surface area contributed by atoms with E-state index in [1.807, 2.05) is 19.1 Å². The second-order valence-corrected chi connectivity index (χ2v) is 7.42. The molecule has 0 saturated carbocycles. The second-order valence-electron chi connectivity index (χ2n) is 6.54. The molecule has 1 aliphatic heterocycles. The van der Waals surface area contributed by atoms with Crippen LogP contribution in [0.1, 0.15) is 6.92 Å². The van der Waals surface area contributed by atoms with Crippen LogP contribution in [0, 0.1) is 0 Å². The number of anilines is 2. The lowest BCUT2D eigenvalue weighted by molar-refractivity contribution is -0.120. The molecule has 2 aromatic carbocycles. The van der Waals surface area contributed by atoms with Crippen LogP contribution >= 0.6 is 23.2 Å². The smallest absolute Gasteiger partial charge is 0.241 e. The van der Waals surface area contributed by atoms with Crippen LogP contribution in [-0.4, -0.2) is 50.1 Å². The highest BCUT2D eigenvalue weighted by molar-refractivity contribution is 6.35. The Hall–Kier alpha value is -1.95. The molecule has 0 aliphatic carbocycles. The lowest BCUT2D eigenvalue weighted by atomic mass is 10.2. The van der Waals surface area contributed by atoms with Gasteiger partial charge in [-0.15, -0.1) is 0 Å². The Morgan fingerprint density at radius 2 is 1.63 bits per heavy atom. The van der Waals surface area contributed by atoms with Crippen molar-refractivity contribution in [1.82, 2.24) is 4.90 Å².